The number of thioether (sulfide) groups is 1. The van der Waals surface area contributed by atoms with E-state index >= 15 is 0 Å². The number of phenols is 1. The lowest BCUT2D eigenvalue weighted by molar-refractivity contribution is -0.117. The normalized spacial score (nSPS) is 19.6. The number of hydrogen-bond donors (Lipinski definition) is 1. The minimum absolute atomic E-state index is 0.0233. The Kier molecular flexibility index (Phi) is 7.12. The van der Waals surface area contributed by atoms with Gasteiger partial charge in [-0.25, -0.2) is 0 Å². The van der Waals surface area contributed by atoms with E-state index in [1.165, 1.54) is 31.0 Å². The Morgan fingerprint density at radius 3 is 2.44 bits per heavy atom. The van der Waals surface area contributed by atoms with Crippen LogP contribution in [0.15, 0.2) is 35.3 Å². The van der Waals surface area contributed by atoms with Crippen molar-refractivity contribution < 1.29 is 19.4 Å². The summed E-state index contributed by atoms with van der Waals surface area (Å²) in [7, 11) is 7.02. The molecule has 182 valence electrons. The quantitative estimate of drug-likeness (QED) is 0.594. The smallest absolute Gasteiger partial charge is 0.262 e. The molecule has 1 saturated carbocycles. The van der Waals surface area contributed by atoms with Crippen LogP contribution in [0.3, 0.4) is 0 Å². The van der Waals surface area contributed by atoms with Gasteiger partial charge >= 0.3 is 0 Å². The summed E-state index contributed by atoms with van der Waals surface area (Å²) in [5, 5.41) is 11.1. The summed E-state index contributed by atoms with van der Waals surface area (Å²) < 4.78 is 11.4. The second-order valence-corrected chi connectivity index (χ2v) is 10.8. The Hall–Kier alpha value is -2.67. The Morgan fingerprint density at radius 1 is 1.09 bits per heavy atom. The molecule has 0 spiro atoms. The number of amides is 1. The number of benzene rings is 2. The van der Waals surface area contributed by atoms with Gasteiger partial charge in [-0.15, -0.1) is 0 Å². The van der Waals surface area contributed by atoms with Crippen LogP contribution in [0.2, 0.25) is 0 Å². The first-order valence-corrected chi connectivity index (χ1v) is 12.7. The molecular formula is C27H34N2O4S. The minimum atomic E-state index is -0.303. The molecule has 1 atom stereocenters. The lowest BCUT2D eigenvalue weighted by Gasteiger charge is -2.35. The summed E-state index contributed by atoms with van der Waals surface area (Å²) in [5.41, 5.74) is 3.86. The first-order valence-electron chi connectivity index (χ1n) is 11.8. The molecule has 0 radical (unpaired) electrons. The zero-order valence-corrected chi connectivity index (χ0v) is 21.5. The topological polar surface area (TPSA) is 71.4 Å². The van der Waals surface area contributed by atoms with Gasteiger partial charge in [0.2, 0.25) is 0 Å². The van der Waals surface area contributed by atoms with Crippen LogP contribution in [-0.4, -0.2) is 54.6 Å². The molecule has 2 aromatic rings. The first kappa shape index (κ1) is 24.5. The third-order valence-corrected chi connectivity index (χ3v) is 8.33. The molecule has 0 bridgehead atoms. The van der Waals surface area contributed by atoms with Gasteiger partial charge in [-0.05, 0) is 60.1 Å². The third-order valence-electron chi connectivity index (χ3n) is 7.01. The van der Waals surface area contributed by atoms with Gasteiger partial charge in [0.15, 0.2) is 16.7 Å². The average molecular weight is 483 g/mol. The molecule has 1 aliphatic carbocycles. The number of phenolic OH excluding ortho intramolecular Hbond substituents is 1. The number of carbonyl (C=O) groups excluding carboxylic acids is 1. The monoisotopic (exact) mass is 482 g/mol. The minimum Gasteiger partial charge on any atom is -0.508 e. The number of aliphatic imine (C=N–C) groups is 1. The molecule has 34 heavy (non-hydrogen) atoms. The van der Waals surface area contributed by atoms with Crippen LogP contribution in [-0.2, 0) is 16.6 Å². The van der Waals surface area contributed by atoms with Crippen molar-refractivity contribution in [2.24, 2.45) is 4.99 Å². The summed E-state index contributed by atoms with van der Waals surface area (Å²) in [6.45, 7) is 2.26. The van der Waals surface area contributed by atoms with Gasteiger partial charge in [-0.3, -0.25) is 4.79 Å². The van der Waals surface area contributed by atoms with Crippen molar-refractivity contribution in [3.63, 3.8) is 0 Å². The van der Waals surface area contributed by atoms with E-state index < -0.39 is 0 Å². The van der Waals surface area contributed by atoms with Crippen molar-refractivity contribution in [3.8, 4) is 28.4 Å². The van der Waals surface area contributed by atoms with Crippen LogP contribution in [0.25, 0.3) is 11.1 Å². The first-order chi connectivity index (χ1) is 16.3. The molecule has 4 rings (SSSR count). The highest BCUT2D eigenvalue weighted by Gasteiger charge is 2.33. The summed E-state index contributed by atoms with van der Waals surface area (Å²) in [5.74, 6) is 1.49. The molecule has 6 nitrogen and oxygen atoms in total. The fourth-order valence-corrected chi connectivity index (χ4v) is 6.09. The van der Waals surface area contributed by atoms with E-state index in [4.69, 9.17) is 9.47 Å². The van der Waals surface area contributed by atoms with E-state index in [1.54, 1.807) is 20.3 Å². The van der Waals surface area contributed by atoms with Crippen LogP contribution >= 0.6 is 11.8 Å². The van der Waals surface area contributed by atoms with Gasteiger partial charge in [-0.2, -0.15) is 4.99 Å². The number of rotatable bonds is 6. The summed E-state index contributed by atoms with van der Waals surface area (Å²) in [4.78, 5) is 18.6. The van der Waals surface area contributed by atoms with Crippen molar-refractivity contribution in [1.82, 2.24) is 4.90 Å². The fourth-order valence-electron chi connectivity index (χ4n) is 5.07. The van der Waals surface area contributed by atoms with Crippen LogP contribution in [0.1, 0.15) is 50.2 Å². The average Bonchev–Trinajstić information content (AvgIpc) is 3.19. The number of aromatic hydroxyl groups is 1. The maximum atomic E-state index is 12.6. The number of nitrogens with zero attached hydrogens (tertiary/aromatic N) is 2. The predicted octanol–water partition coefficient (Wildman–Crippen LogP) is 5.40. The number of ether oxygens (including phenoxy) is 2. The number of methoxy groups -OCH3 is 2. The van der Waals surface area contributed by atoms with Crippen molar-refractivity contribution in [2.45, 2.75) is 56.1 Å². The molecule has 1 aliphatic heterocycles. The number of carbonyl (C=O) groups is 1. The molecule has 1 heterocycles. The molecular weight excluding hydrogens is 448 g/mol. The number of hydrogen-bond acceptors (Lipinski definition) is 6. The van der Waals surface area contributed by atoms with E-state index in [9.17, 15) is 9.90 Å². The van der Waals surface area contributed by atoms with E-state index in [0.717, 1.165) is 40.3 Å². The molecule has 0 saturated heterocycles. The molecule has 1 N–H and O–H groups in total. The van der Waals surface area contributed by atoms with Gasteiger partial charge in [0.05, 0.1) is 19.5 Å². The second kappa shape index (κ2) is 9.90. The highest BCUT2D eigenvalue weighted by Crippen LogP contribution is 2.45. The maximum absolute atomic E-state index is 12.6. The predicted molar refractivity (Wildman–Crippen MR) is 138 cm³/mol. The Labute approximate surface area is 206 Å². The highest BCUT2D eigenvalue weighted by molar-refractivity contribution is 8.15. The Bertz CT molecular complexity index is 1110. The van der Waals surface area contributed by atoms with E-state index in [0.29, 0.717) is 23.7 Å². The summed E-state index contributed by atoms with van der Waals surface area (Å²) in [6, 6.07) is 9.90. The third kappa shape index (κ3) is 4.76. The Balaban J connectivity index is 1.72. The molecule has 2 aliphatic rings. The van der Waals surface area contributed by atoms with E-state index in [2.05, 4.69) is 24.0 Å². The Morgan fingerprint density at radius 2 is 1.82 bits per heavy atom. The van der Waals surface area contributed by atoms with Crippen molar-refractivity contribution >= 4 is 22.8 Å². The van der Waals surface area contributed by atoms with Crippen molar-refractivity contribution in [1.29, 1.82) is 0 Å². The van der Waals surface area contributed by atoms with Crippen LogP contribution in [0.4, 0.5) is 0 Å². The van der Waals surface area contributed by atoms with Crippen LogP contribution < -0.4 is 9.47 Å². The largest absolute Gasteiger partial charge is 0.508 e. The summed E-state index contributed by atoms with van der Waals surface area (Å²) in [6.07, 6.45) is 6.27. The van der Waals surface area contributed by atoms with Crippen molar-refractivity contribution in [3.05, 3.63) is 41.5 Å². The van der Waals surface area contributed by atoms with Crippen molar-refractivity contribution in [2.75, 3.05) is 28.3 Å². The van der Waals surface area contributed by atoms with Gasteiger partial charge < -0.3 is 19.5 Å². The second-order valence-electron chi connectivity index (χ2n) is 9.66. The molecule has 1 amide bonds. The standard InChI is InChI=1S/C27H34N2O4S/c1-27(11-7-6-8-12-27)20-14-17(9-10-21(20)30)18-13-19(24(33-5)22(15-18)32-4)16-23-25(31)28-26(34-23)29(2)3/h9-10,13-15,23,30H,6-8,11-12,16H2,1-5H3. The van der Waals surface area contributed by atoms with Gasteiger partial charge in [0.1, 0.15) is 5.75 Å². The fraction of sp³-hybridized carbons (Fsp3) is 0.481. The summed E-state index contributed by atoms with van der Waals surface area (Å²) >= 11 is 1.48. The van der Waals surface area contributed by atoms with Crippen LogP contribution in [0, 0.1) is 0 Å². The van der Waals surface area contributed by atoms with Crippen LogP contribution in [0.5, 0.6) is 17.2 Å². The zero-order valence-electron chi connectivity index (χ0n) is 20.7. The van der Waals surface area contributed by atoms with E-state index in [-0.39, 0.29) is 16.6 Å². The molecule has 1 fully saturated rings. The SMILES string of the molecule is COc1cc(-c2ccc(O)c(C3(C)CCCCC3)c2)cc(CC2SC(N(C)C)=NC2=O)c1OC. The highest BCUT2D eigenvalue weighted by atomic mass is 32.2. The molecule has 7 heteroatoms. The van der Waals surface area contributed by atoms with E-state index in [1.807, 2.05) is 31.1 Å². The molecule has 0 aromatic heterocycles. The molecule has 2 aromatic carbocycles. The zero-order chi connectivity index (χ0) is 24.5. The van der Waals surface area contributed by atoms with Gasteiger partial charge in [-0.1, -0.05) is 44.0 Å². The van der Waals surface area contributed by atoms with Gasteiger partial charge in [0.25, 0.3) is 5.91 Å². The maximum Gasteiger partial charge on any atom is 0.262 e. The lowest BCUT2D eigenvalue weighted by Crippen LogP contribution is -2.25. The number of amidine groups is 1. The molecule has 1 unspecified atom stereocenters. The van der Waals surface area contributed by atoms with Gasteiger partial charge in [0, 0.05) is 25.2 Å². The lowest BCUT2D eigenvalue weighted by atomic mass is 9.70.